The van der Waals surface area contributed by atoms with Crippen molar-refractivity contribution in [3.63, 3.8) is 0 Å². The molecular formula is C14H20N2S. The Morgan fingerprint density at radius 3 is 2.82 bits per heavy atom. The van der Waals surface area contributed by atoms with Crippen LogP contribution in [0.1, 0.15) is 24.4 Å². The van der Waals surface area contributed by atoms with Crippen molar-refractivity contribution in [3.05, 3.63) is 29.8 Å². The van der Waals surface area contributed by atoms with Crippen LogP contribution >= 0.6 is 11.8 Å². The molecule has 1 aromatic rings. The molecule has 1 atom stereocenters. The largest absolute Gasteiger partial charge is 0.306 e. The average molecular weight is 248 g/mol. The highest BCUT2D eigenvalue weighted by Crippen LogP contribution is 2.38. The molecule has 1 saturated heterocycles. The van der Waals surface area contributed by atoms with Crippen LogP contribution in [0.3, 0.4) is 0 Å². The van der Waals surface area contributed by atoms with Crippen molar-refractivity contribution in [2.75, 3.05) is 25.9 Å². The van der Waals surface area contributed by atoms with E-state index < -0.39 is 0 Å². The zero-order chi connectivity index (χ0) is 11.7. The summed E-state index contributed by atoms with van der Waals surface area (Å²) in [7, 11) is 2.22. The molecule has 1 aromatic carbocycles. The first-order valence-electron chi connectivity index (χ1n) is 6.49. The lowest BCUT2D eigenvalue weighted by Crippen LogP contribution is -2.42. The first kappa shape index (κ1) is 11.6. The van der Waals surface area contributed by atoms with E-state index in [1.54, 1.807) is 0 Å². The Morgan fingerprint density at radius 1 is 1.24 bits per heavy atom. The molecule has 1 fully saturated rings. The molecule has 17 heavy (non-hydrogen) atoms. The van der Waals surface area contributed by atoms with Gasteiger partial charge in [0, 0.05) is 22.7 Å². The maximum Gasteiger partial charge on any atom is 0.0428 e. The highest BCUT2D eigenvalue weighted by molar-refractivity contribution is 7.99. The highest BCUT2D eigenvalue weighted by atomic mass is 32.2. The number of hydrogen-bond acceptors (Lipinski definition) is 3. The number of benzene rings is 1. The van der Waals surface area contributed by atoms with Crippen LogP contribution in [-0.4, -0.2) is 36.8 Å². The SMILES string of the molecule is CN1CCC(NC2CSc3ccccc32)CC1. The second-order valence-electron chi connectivity index (χ2n) is 5.15. The van der Waals surface area contributed by atoms with Crippen LogP contribution in [0, 0.1) is 0 Å². The third-order valence-corrected chi connectivity index (χ3v) is 5.04. The van der Waals surface area contributed by atoms with Gasteiger partial charge in [0.05, 0.1) is 0 Å². The molecule has 0 aliphatic carbocycles. The Hall–Kier alpha value is -0.510. The van der Waals surface area contributed by atoms with Gasteiger partial charge < -0.3 is 10.2 Å². The van der Waals surface area contributed by atoms with Crippen LogP contribution in [0.4, 0.5) is 0 Å². The fourth-order valence-electron chi connectivity index (χ4n) is 2.76. The third kappa shape index (κ3) is 2.51. The molecule has 1 unspecified atom stereocenters. The normalized spacial score (nSPS) is 26.1. The molecule has 0 bridgehead atoms. The quantitative estimate of drug-likeness (QED) is 0.866. The number of likely N-dealkylation sites (tertiary alicyclic amines) is 1. The Labute approximate surface area is 108 Å². The van der Waals surface area contributed by atoms with Crippen molar-refractivity contribution < 1.29 is 0 Å². The number of thioether (sulfide) groups is 1. The minimum absolute atomic E-state index is 0.574. The molecule has 2 heterocycles. The lowest BCUT2D eigenvalue weighted by atomic mass is 10.0. The number of rotatable bonds is 2. The van der Waals surface area contributed by atoms with Crippen molar-refractivity contribution in [2.24, 2.45) is 0 Å². The molecule has 1 N–H and O–H groups in total. The van der Waals surface area contributed by atoms with Gasteiger partial charge in [-0.3, -0.25) is 0 Å². The number of hydrogen-bond donors (Lipinski definition) is 1. The Bertz CT molecular complexity index is 386. The van der Waals surface area contributed by atoms with Crippen molar-refractivity contribution in [1.29, 1.82) is 0 Å². The topological polar surface area (TPSA) is 15.3 Å². The van der Waals surface area contributed by atoms with Crippen LogP contribution in [-0.2, 0) is 0 Å². The molecule has 2 nitrogen and oxygen atoms in total. The number of piperidine rings is 1. The van der Waals surface area contributed by atoms with E-state index in [1.165, 1.54) is 42.1 Å². The van der Waals surface area contributed by atoms with Gasteiger partial charge in [-0.1, -0.05) is 18.2 Å². The van der Waals surface area contributed by atoms with Crippen LogP contribution in [0.25, 0.3) is 0 Å². The van der Waals surface area contributed by atoms with Gasteiger partial charge in [-0.05, 0) is 44.6 Å². The Balaban J connectivity index is 1.64. The second kappa shape index (κ2) is 5.01. The van der Waals surface area contributed by atoms with E-state index >= 15 is 0 Å². The molecule has 0 saturated carbocycles. The predicted octanol–water partition coefficient (Wildman–Crippen LogP) is 2.52. The van der Waals surface area contributed by atoms with Gasteiger partial charge in [0.1, 0.15) is 0 Å². The van der Waals surface area contributed by atoms with Gasteiger partial charge in [0.15, 0.2) is 0 Å². The standard InChI is InChI=1S/C14H20N2S/c1-16-8-6-11(7-9-16)15-13-10-17-14-5-3-2-4-12(13)14/h2-5,11,13,15H,6-10H2,1H3. The molecule has 3 rings (SSSR count). The minimum atomic E-state index is 0.574. The molecule has 2 aliphatic rings. The summed E-state index contributed by atoms with van der Waals surface area (Å²) in [5.41, 5.74) is 1.51. The molecule has 0 amide bonds. The van der Waals surface area contributed by atoms with Gasteiger partial charge >= 0.3 is 0 Å². The van der Waals surface area contributed by atoms with Crippen LogP contribution in [0.5, 0.6) is 0 Å². The van der Waals surface area contributed by atoms with Crippen molar-refractivity contribution in [2.45, 2.75) is 29.8 Å². The lowest BCUT2D eigenvalue weighted by molar-refractivity contribution is 0.227. The number of fused-ring (bicyclic) bond motifs is 1. The molecular weight excluding hydrogens is 228 g/mol. The summed E-state index contributed by atoms with van der Waals surface area (Å²) in [6.45, 7) is 2.47. The Morgan fingerprint density at radius 2 is 2.00 bits per heavy atom. The Kier molecular flexibility index (Phi) is 3.41. The fraction of sp³-hybridized carbons (Fsp3) is 0.571. The van der Waals surface area contributed by atoms with Gasteiger partial charge in [-0.2, -0.15) is 0 Å². The fourth-order valence-corrected chi connectivity index (χ4v) is 3.93. The minimum Gasteiger partial charge on any atom is -0.306 e. The summed E-state index contributed by atoms with van der Waals surface area (Å²) in [5.74, 6) is 1.20. The summed E-state index contributed by atoms with van der Waals surface area (Å²) in [6.07, 6.45) is 2.58. The summed E-state index contributed by atoms with van der Waals surface area (Å²) in [6, 6.07) is 10.1. The first-order valence-corrected chi connectivity index (χ1v) is 7.48. The van der Waals surface area contributed by atoms with Crippen LogP contribution in [0.15, 0.2) is 29.2 Å². The monoisotopic (exact) mass is 248 g/mol. The van der Waals surface area contributed by atoms with Gasteiger partial charge in [0.2, 0.25) is 0 Å². The van der Waals surface area contributed by atoms with Crippen LogP contribution < -0.4 is 5.32 Å². The maximum atomic E-state index is 3.85. The van der Waals surface area contributed by atoms with E-state index in [0.717, 1.165) is 0 Å². The van der Waals surface area contributed by atoms with Crippen molar-refractivity contribution in [3.8, 4) is 0 Å². The zero-order valence-electron chi connectivity index (χ0n) is 10.4. The molecule has 0 aromatic heterocycles. The molecule has 0 radical (unpaired) electrons. The smallest absolute Gasteiger partial charge is 0.0428 e. The van der Waals surface area contributed by atoms with Crippen molar-refractivity contribution >= 4 is 11.8 Å². The molecule has 3 heteroatoms. The van der Waals surface area contributed by atoms with Crippen molar-refractivity contribution in [1.82, 2.24) is 10.2 Å². The third-order valence-electron chi connectivity index (χ3n) is 3.86. The average Bonchev–Trinajstić information content (AvgIpc) is 2.76. The van der Waals surface area contributed by atoms with E-state index in [2.05, 4.69) is 41.5 Å². The first-order chi connectivity index (χ1) is 8.33. The summed E-state index contributed by atoms with van der Waals surface area (Å²) >= 11 is 1.99. The molecule has 2 aliphatic heterocycles. The van der Waals surface area contributed by atoms with Gasteiger partial charge in [-0.25, -0.2) is 0 Å². The summed E-state index contributed by atoms with van der Waals surface area (Å²) in [4.78, 5) is 3.90. The van der Waals surface area contributed by atoms with E-state index in [-0.39, 0.29) is 0 Å². The van der Waals surface area contributed by atoms with Gasteiger partial charge in [-0.15, -0.1) is 11.8 Å². The van der Waals surface area contributed by atoms with E-state index in [1.807, 2.05) is 11.8 Å². The van der Waals surface area contributed by atoms with Crippen LogP contribution in [0.2, 0.25) is 0 Å². The zero-order valence-corrected chi connectivity index (χ0v) is 11.2. The maximum absolute atomic E-state index is 3.85. The number of nitrogens with zero attached hydrogens (tertiary/aromatic N) is 1. The van der Waals surface area contributed by atoms with Gasteiger partial charge in [0.25, 0.3) is 0 Å². The molecule has 92 valence electrons. The lowest BCUT2D eigenvalue weighted by Gasteiger charge is -2.31. The van der Waals surface area contributed by atoms with E-state index in [4.69, 9.17) is 0 Å². The predicted molar refractivity (Wildman–Crippen MR) is 73.6 cm³/mol. The summed E-state index contributed by atoms with van der Waals surface area (Å²) < 4.78 is 0. The van der Waals surface area contributed by atoms with E-state index in [0.29, 0.717) is 12.1 Å². The van der Waals surface area contributed by atoms with E-state index in [9.17, 15) is 0 Å². The highest BCUT2D eigenvalue weighted by Gasteiger charge is 2.26. The number of nitrogens with one attached hydrogen (secondary N) is 1. The summed E-state index contributed by atoms with van der Waals surface area (Å²) in [5, 5.41) is 3.85. The second-order valence-corrected chi connectivity index (χ2v) is 6.21. The molecule has 0 spiro atoms.